The van der Waals surface area contributed by atoms with E-state index < -0.39 is 6.04 Å². The number of hydrogen-bond acceptors (Lipinski definition) is 2. The highest BCUT2D eigenvalue weighted by atomic mass is 35.5. The number of nitriles is 1. The Bertz CT molecular complexity index is 831. The van der Waals surface area contributed by atoms with Gasteiger partial charge in [0.1, 0.15) is 6.04 Å². The number of hydrogen-bond donors (Lipinski definition) is 0. The first-order chi connectivity index (χ1) is 11.2. The molecule has 2 aromatic rings. The van der Waals surface area contributed by atoms with Gasteiger partial charge in [-0.1, -0.05) is 48.0 Å². The number of anilines is 1. The van der Waals surface area contributed by atoms with Crippen LogP contribution in [0.4, 0.5) is 5.69 Å². The van der Waals surface area contributed by atoms with Crippen LogP contribution in [0.3, 0.4) is 0 Å². The maximum absolute atomic E-state index is 12.6. The van der Waals surface area contributed by atoms with Crippen LogP contribution in [0.2, 0.25) is 5.02 Å². The van der Waals surface area contributed by atoms with Crippen LogP contribution in [0, 0.1) is 11.3 Å². The van der Waals surface area contributed by atoms with E-state index >= 15 is 0 Å². The number of carbonyl (C=O) groups is 1. The number of nitrogens with zero attached hydrogens (tertiary/aromatic N) is 2. The van der Waals surface area contributed by atoms with Gasteiger partial charge in [0.25, 0.3) is 5.91 Å². The summed E-state index contributed by atoms with van der Waals surface area (Å²) >= 11 is 5.85. The Hall–Kier alpha value is -2.83. The predicted molar refractivity (Wildman–Crippen MR) is 92.8 cm³/mol. The van der Waals surface area contributed by atoms with Gasteiger partial charge in [-0.15, -0.1) is 0 Å². The first-order valence-electron chi connectivity index (χ1n) is 7.13. The summed E-state index contributed by atoms with van der Waals surface area (Å²) in [6.07, 6.45) is 6.80. The van der Waals surface area contributed by atoms with Gasteiger partial charge in [-0.3, -0.25) is 9.69 Å². The number of para-hydroxylation sites is 1. The van der Waals surface area contributed by atoms with E-state index in [1.165, 1.54) is 11.0 Å². The Morgan fingerprint density at radius 2 is 1.91 bits per heavy atom. The standard InChI is InChI=1S/C19H13ClN2O/c20-16-9-5-14(6-10-16)7-12-19(23)22-17(13-21)11-8-15-3-1-2-4-18(15)22/h1-12,17H/b12-7+. The zero-order chi connectivity index (χ0) is 16.2. The average Bonchev–Trinajstić information content (AvgIpc) is 2.60. The third kappa shape index (κ3) is 3.18. The van der Waals surface area contributed by atoms with Crippen molar-refractivity contribution < 1.29 is 4.79 Å². The van der Waals surface area contributed by atoms with E-state index in [-0.39, 0.29) is 5.91 Å². The summed E-state index contributed by atoms with van der Waals surface area (Å²) in [6, 6.07) is 16.3. The molecule has 0 bridgehead atoms. The van der Waals surface area contributed by atoms with Gasteiger partial charge in [-0.05, 0) is 41.5 Å². The zero-order valence-corrected chi connectivity index (χ0v) is 12.9. The van der Waals surface area contributed by atoms with Crippen molar-refractivity contribution in [3.63, 3.8) is 0 Å². The lowest BCUT2D eigenvalue weighted by atomic mass is 10.0. The summed E-state index contributed by atoms with van der Waals surface area (Å²) in [5.74, 6) is -0.233. The topological polar surface area (TPSA) is 44.1 Å². The monoisotopic (exact) mass is 320 g/mol. The normalized spacial score (nSPS) is 16.2. The van der Waals surface area contributed by atoms with Crippen LogP contribution in [0.1, 0.15) is 11.1 Å². The van der Waals surface area contributed by atoms with Crippen molar-refractivity contribution in [1.29, 1.82) is 5.26 Å². The second-order valence-corrected chi connectivity index (χ2v) is 5.52. The molecule has 4 heteroatoms. The lowest BCUT2D eigenvalue weighted by molar-refractivity contribution is -0.114. The molecule has 3 rings (SSSR count). The molecule has 1 atom stereocenters. The Balaban J connectivity index is 1.89. The molecular weight excluding hydrogens is 308 g/mol. The molecule has 0 fully saturated rings. The SMILES string of the molecule is N#CC1C=Cc2ccccc2N1C(=O)/C=C/c1ccc(Cl)cc1. The third-order valence-electron chi connectivity index (χ3n) is 3.59. The van der Waals surface area contributed by atoms with Gasteiger partial charge in [0, 0.05) is 11.1 Å². The molecule has 0 aromatic heterocycles. The maximum Gasteiger partial charge on any atom is 0.252 e. The van der Waals surface area contributed by atoms with Crippen LogP contribution in [0.5, 0.6) is 0 Å². The Morgan fingerprint density at radius 1 is 1.17 bits per heavy atom. The van der Waals surface area contributed by atoms with E-state index in [9.17, 15) is 10.1 Å². The molecule has 2 aromatic carbocycles. The molecule has 112 valence electrons. The van der Waals surface area contributed by atoms with Crippen molar-refractivity contribution in [2.24, 2.45) is 0 Å². The van der Waals surface area contributed by atoms with E-state index in [2.05, 4.69) is 6.07 Å². The third-order valence-corrected chi connectivity index (χ3v) is 3.84. The molecule has 0 N–H and O–H groups in total. The number of rotatable bonds is 2. The summed E-state index contributed by atoms with van der Waals surface area (Å²) in [4.78, 5) is 14.1. The average molecular weight is 321 g/mol. The van der Waals surface area contributed by atoms with Gasteiger partial charge in [-0.2, -0.15) is 5.26 Å². The molecule has 1 aliphatic rings. The highest BCUT2D eigenvalue weighted by Gasteiger charge is 2.26. The van der Waals surface area contributed by atoms with E-state index in [0.717, 1.165) is 16.8 Å². The van der Waals surface area contributed by atoms with Crippen molar-refractivity contribution in [3.05, 3.63) is 76.8 Å². The first-order valence-corrected chi connectivity index (χ1v) is 7.50. The van der Waals surface area contributed by atoms with Crippen LogP contribution in [-0.2, 0) is 4.79 Å². The Kier molecular flexibility index (Phi) is 4.27. The number of fused-ring (bicyclic) bond motifs is 1. The molecule has 0 radical (unpaired) electrons. The largest absolute Gasteiger partial charge is 0.288 e. The van der Waals surface area contributed by atoms with Gasteiger partial charge in [0.15, 0.2) is 0 Å². The number of benzene rings is 2. The lowest BCUT2D eigenvalue weighted by Gasteiger charge is -2.29. The first kappa shape index (κ1) is 15.1. The number of halogens is 1. The quantitative estimate of drug-likeness (QED) is 0.774. The molecule has 0 saturated heterocycles. The molecule has 0 spiro atoms. The van der Waals surface area contributed by atoms with Gasteiger partial charge >= 0.3 is 0 Å². The van der Waals surface area contributed by atoms with E-state index in [1.807, 2.05) is 42.5 Å². The molecule has 1 amide bonds. The highest BCUT2D eigenvalue weighted by molar-refractivity contribution is 6.30. The number of carbonyl (C=O) groups excluding carboxylic acids is 1. The molecule has 1 heterocycles. The summed E-state index contributed by atoms with van der Waals surface area (Å²) in [7, 11) is 0. The van der Waals surface area contributed by atoms with Crippen molar-refractivity contribution in [2.45, 2.75) is 6.04 Å². The molecule has 1 unspecified atom stereocenters. The van der Waals surface area contributed by atoms with Crippen LogP contribution in [0.15, 0.2) is 60.7 Å². The molecular formula is C19H13ClN2O. The summed E-state index contributed by atoms with van der Waals surface area (Å²) < 4.78 is 0. The predicted octanol–water partition coefficient (Wildman–Crippen LogP) is 4.31. The molecule has 0 aliphatic carbocycles. The highest BCUT2D eigenvalue weighted by Crippen LogP contribution is 2.29. The Labute approximate surface area is 139 Å². The smallest absolute Gasteiger partial charge is 0.252 e. The minimum Gasteiger partial charge on any atom is -0.288 e. The van der Waals surface area contributed by atoms with Crippen molar-refractivity contribution in [2.75, 3.05) is 4.90 Å². The van der Waals surface area contributed by atoms with Gasteiger partial charge in [0.2, 0.25) is 0 Å². The number of amides is 1. The Morgan fingerprint density at radius 3 is 2.65 bits per heavy atom. The lowest BCUT2D eigenvalue weighted by Crippen LogP contribution is -2.39. The van der Waals surface area contributed by atoms with E-state index in [1.54, 1.807) is 24.3 Å². The van der Waals surface area contributed by atoms with Crippen molar-refractivity contribution >= 4 is 35.3 Å². The summed E-state index contributed by atoms with van der Waals surface area (Å²) in [6.45, 7) is 0. The second-order valence-electron chi connectivity index (χ2n) is 5.08. The minimum atomic E-state index is -0.604. The summed E-state index contributed by atoms with van der Waals surface area (Å²) in [5, 5.41) is 9.96. The van der Waals surface area contributed by atoms with Crippen LogP contribution >= 0.6 is 11.6 Å². The van der Waals surface area contributed by atoms with Crippen molar-refractivity contribution in [3.8, 4) is 6.07 Å². The second kappa shape index (κ2) is 6.51. The molecule has 1 aliphatic heterocycles. The van der Waals surface area contributed by atoms with Gasteiger partial charge in [-0.25, -0.2) is 0 Å². The van der Waals surface area contributed by atoms with Gasteiger partial charge in [0.05, 0.1) is 11.8 Å². The zero-order valence-electron chi connectivity index (χ0n) is 12.2. The van der Waals surface area contributed by atoms with Gasteiger partial charge < -0.3 is 0 Å². The van der Waals surface area contributed by atoms with E-state index in [0.29, 0.717) is 5.02 Å². The van der Waals surface area contributed by atoms with Crippen LogP contribution in [0.25, 0.3) is 12.2 Å². The fraction of sp³-hybridized carbons (Fsp3) is 0.0526. The van der Waals surface area contributed by atoms with Crippen molar-refractivity contribution in [1.82, 2.24) is 0 Å². The van der Waals surface area contributed by atoms with E-state index in [4.69, 9.17) is 11.6 Å². The minimum absolute atomic E-state index is 0.233. The maximum atomic E-state index is 12.6. The van der Waals surface area contributed by atoms with Crippen LogP contribution < -0.4 is 4.90 Å². The molecule has 3 nitrogen and oxygen atoms in total. The molecule has 0 saturated carbocycles. The van der Waals surface area contributed by atoms with Crippen LogP contribution in [-0.4, -0.2) is 11.9 Å². The molecule has 23 heavy (non-hydrogen) atoms. The fourth-order valence-electron chi connectivity index (χ4n) is 2.46. The summed E-state index contributed by atoms with van der Waals surface area (Å²) in [5.41, 5.74) is 2.54. The fourth-order valence-corrected chi connectivity index (χ4v) is 2.58.